The molecule has 1 aliphatic rings. The molecular weight excluding hydrogens is 196 g/mol. The van der Waals surface area contributed by atoms with Crippen molar-refractivity contribution in [2.45, 2.75) is 38.3 Å². The van der Waals surface area contributed by atoms with Crippen LogP contribution in [0.4, 0.5) is 0 Å². The zero-order valence-electron chi connectivity index (χ0n) is 8.39. The quantitative estimate of drug-likeness (QED) is 0.759. The van der Waals surface area contributed by atoms with Gasteiger partial charge >= 0.3 is 5.97 Å². The molecule has 3 N–H and O–H groups in total. The van der Waals surface area contributed by atoms with Crippen LogP contribution in [0, 0.1) is 0 Å². The largest absolute Gasteiger partial charge is 0.476 e. The first-order valence-corrected chi connectivity index (χ1v) is 5.11. The third kappa shape index (κ3) is 1.72. The average molecular weight is 210 g/mol. The number of carbonyl (C=O) groups is 1. The first kappa shape index (κ1) is 10.1. The van der Waals surface area contributed by atoms with Crippen molar-refractivity contribution in [2.24, 2.45) is 5.73 Å². The summed E-state index contributed by atoms with van der Waals surface area (Å²) >= 11 is 0. The van der Waals surface area contributed by atoms with Gasteiger partial charge in [-0.25, -0.2) is 9.48 Å². The van der Waals surface area contributed by atoms with Crippen molar-refractivity contribution in [2.75, 3.05) is 0 Å². The molecule has 6 nitrogen and oxygen atoms in total. The number of nitrogens with zero attached hydrogens (tertiary/aromatic N) is 3. The second-order valence-electron chi connectivity index (χ2n) is 3.78. The molecule has 2 rings (SSSR count). The first-order valence-electron chi connectivity index (χ1n) is 5.11. The lowest BCUT2D eigenvalue weighted by Gasteiger charge is -2.11. The molecule has 0 amide bonds. The van der Waals surface area contributed by atoms with E-state index in [1.54, 1.807) is 4.68 Å². The number of aromatic nitrogens is 3. The fourth-order valence-electron chi connectivity index (χ4n) is 2.11. The van der Waals surface area contributed by atoms with Crippen LogP contribution in [0.25, 0.3) is 0 Å². The molecule has 0 atom stereocenters. The monoisotopic (exact) mass is 210 g/mol. The highest BCUT2D eigenvalue weighted by Crippen LogP contribution is 2.30. The smallest absolute Gasteiger partial charge is 0.358 e. The molecule has 0 aliphatic heterocycles. The number of hydrogen-bond donors (Lipinski definition) is 2. The molecule has 0 saturated heterocycles. The summed E-state index contributed by atoms with van der Waals surface area (Å²) in [7, 11) is 0. The third-order valence-electron chi connectivity index (χ3n) is 2.86. The van der Waals surface area contributed by atoms with Crippen molar-refractivity contribution in [3.8, 4) is 0 Å². The third-order valence-corrected chi connectivity index (χ3v) is 2.86. The van der Waals surface area contributed by atoms with Crippen molar-refractivity contribution in [3.05, 3.63) is 11.4 Å². The normalized spacial score (nSPS) is 17.1. The number of carboxylic acid groups (broad SMARTS) is 1. The lowest BCUT2D eigenvalue weighted by Crippen LogP contribution is -2.15. The van der Waals surface area contributed by atoms with Gasteiger partial charge in [0.15, 0.2) is 5.69 Å². The van der Waals surface area contributed by atoms with E-state index >= 15 is 0 Å². The van der Waals surface area contributed by atoms with Crippen LogP contribution in [0.3, 0.4) is 0 Å². The van der Waals surface area contributed by atoms with Crippen LogP contribution in [0.2, 0.25) is 0 Å². The summed E-state index contributed by atoms with van der Waals surface area (Å²) in [6, 6.07) is 0.282. The van der Waals surface area contributed by atoms with Crippen LogP contribution in [0.1, 0.15) is 47.9 Å². The van der Waals surface area contributed by atoms with E-state index in [-0.39, 0.29) is 18.3 Å². The molecule has 1 saturated carbocycles. The van der Waals surface area contributed by atoms with Gasteiger partial charge in [-0.3, -0.25) is 0 Å². The van der Waals surface area contributed by atoms with Gasteiger partial charge in [-0.2, -0.15) is 0 Å². The molecule has 0 unspecified atom stereocenters. The average Bonchev–Trinajstić information content (AvgIpc) is 2.85. The summed E-state index contributed by atoms with van der Waals surface area (Å²) < 4.78 is 1.69. The van der Waals surface area contributed by atoms with Crippen molar-refractivity contribution in [1.82, 2.24) is 15.0 Å². The summed E-state index contributed by atoms with van der Waals surface area (Å²) in [6.45, 7) is 0.172. The van der Waals surface area contributed by atoms with Crippen molar-refractivity contribution in [1.29, 1.82) is 0 Å². The molecule has 1 heterocycles. The maximum Gasteiger partial charge on any atom is 0.358 e. The van der Waals surface area contributed by atoms with E-state index in [0.29, 0.717) is 5.69 Å². The maximum atomic E-state index is 10.8. The summed E-state index contributed by atoms with van der Waals surface area (Å²) in [6.07, 6.45) is 4.40. The second-order valence-corrected chi connectivity index (χ2v) is 3.78. The van der Waals surface area contributed by atoms with Crippen LogP contribution < -0.4 is 5.73 Å². The predicted molar refractivity (Wildman–Crippen MR) is 52.4 cm³/mol. The molecule has 1 aromatic rings. The van der Waals surface area contributed by atoms with Crippen molar-refractivity contribution >= 4 is 5.97 Å². The Morgan fingerprint density at radius 1 is 1.53 bits per heavy atom. The highest BCUT2D eigenvalue weighted by atomic mass is 16.4. The molecule has 1 aromatic heterocycles. The number of nitrogens with two attached hydrogens (primary N) is 1. The van der Waals surface area contributed by atoms with Gasteiger partial charge in [0.1, 0.15) is 0 Å². The first-order chi connectivity index (χ1) is 7.24. The van der Waals surface area contributed by atoms with Crippen LogP contribution >= 0.6 is 0 Å². The summed E-state index contributed by atoms with van der Waals surface area (Å²) in [4.78, 5) is 10.8. The molecule has 0 bridgehead atoms. The summed E-state index contributed by atoms with van der Waals surface area (Å²) in [5, 5.41) is 16.4. The van der Waals surface area contributed by atoms with Gasteiger partial charge in [0, 0.05) is 6.54 Å². The number of aromatic carboxylic acids is 1. The Morgan fingerprint density at radius 2 is 2.20 bits per heavy atom. The number of carboxylic acids is 1. The number of hydrogen-bond acceptors (Lipinski definition) is 4. The van der Waals surface area contributed by atoms with E-state index in [0.717, 1.165) is 25.7 Å². The molecular formula is C9H14N4O2. The van der Waals surface area contributed by atoms with E-state index in [1.165, 1.54) is 0 Å². The van der Waals surface area contributed by atoms with E-state index in [1.807, 2.05) is 0 Å². The van der Waals surface area contributed by atoms with Gasteiger partial charge in [-0.15, -0.1) is 5.10 Å². The Kier molecular flexibility index (Phi) is 2.68. The van der Waals surface area contributed by atoms with Gasteiger partial charge in [0.05, 0.1) is 11.7 Å². The maximum absolute atomic E-state index is 10.8. The zero-order chi connectivity index (χ0) is 10.8. The molecule has 0 radical (unpaired) electrons. The Morgan fingerprint density at radius 3 is 2.73 bits per heavy atom. The minimum absolute atomic E-state index is 0.00981. The SMILES string of the molecule is NCc1c(C(=O)O)nnn1C1CCCC1. The lowest BCUT2D eigenvalue weighted by molar-refractivity contribution is 0.0689. The number of rotatable bonds is 3. The van der Waals surface area contributed by atoms with Gasteiger partial charge in [0.25, 0.3) is 0 Å². The van der Waals surface area contributed by atoms with Crippen LogP contribution in [-0.2, 0) is 6.54 Å². The Labute approximate surface area is 87.1 Å². The zero-order valence-corrected chi connectivity index (χ0v) is 8.39. The second kappa shape index (κ2) is 3.98. The molecule has 82 valence electrons. The Balaban J connectivity index is 2.34. The van der Waals surface area contributed by atoms with Gasteiger partial charge < -0.3 is 10.8 Å². The van der Waals surface area contributed by atoms with Crippen LogP contribution in [0.15, 0.2) is 0 Å². The summed E-state index contributed by atoms with van der Waals surface area (Å²) in [5.74, 6) is -1.06. The molecule has 0 spiro atoms. The van der Waals surface area contributed by atoms with E-state index < -0.39 is 5.97 Å². The van der Waals surface area contributed by atoms with Crippen molar-refractivity contribution < 1.29 is 9.90 Å². The van der Waals surface area contributed by atoms with Crippen LogP contribution in [0.5, 0.6) is 0 Å². The predicted octanol–water partition coefficient (Wildman–Crippen LogP) is 0.550. The minimum atomic E-state index is -1.06. The Hall–Kier alpha value is -1.43. The van der Waals surface area contributed by atoms with Crippen LogP contribution in [-0.4, -0.2) is 26.1 Å². The Bertz CT molecular complexity index is 368. The standard InChI is InChI=1S/C9H14N4O2/c10-5-7-8(9(14)15)11-12-13(7)6-3-1-2-4-6/h6H,1-5,10H2,(H,14,15). The summed E-state index contributed by atoms with van der Waals surface area (Å²) in [5.41, 5.74) is 6.06. The van der Waals surface area contributed by atoms with E-state index in [4.69, 9.17) is 10.8 Å². The molecule has 6 heteroatoms. The molecule has 1 fully saturated rings. The lowest BCUT2D eigenvalue weighted by atomic mass is 10.2. The van der Waals surface area contributed by atoms with Crippen molar-refractivity contribution in [3.63, 3.8) is 0 Å². The van der Waals surface area contributed by atoms with Gasteiger partial charge in [-0.05, 0) is 12.8 Å². The minimum Gasteiger partial charge on any atom is -0.476 e. The van der Waals surface area contributed by atoms with Gasteiger partial charge in [-0.1, -0.05) is 18.1 Å². The molecule has 15 heavy (non-hydrogen) atoms. The highest BCUT2D eigenvalue weighted by Gasteiger charge is 2.24. The van der Waals surface area contributed by atoms with E-state index in [9.17, 15) is 4.79 Å². The van der Waals surface area contributed by atoms with Gasteiger partial charge in [0.2, 0.25) is 0 Å². The fraction of sp³-hybridized carbons (Fsp3) is 0.667. The fourth-order valence-corrected chi connectivity index (χ4v) is 2.11. The molecule has 0 aromatic carbocycles. The van der Waals surface area contributed by atoms with E-state index in [2.05, 4.69) is 10.3 Å². The molecule has 1 aliphatic carbocycles. The topological polar surface area (TPSA) is 94.0 Å². The highest BCUT2D eigenvalue weighted by molar-refractivity contribution is 5.86.